The molecule has 1 saturated heterocycles. The molecule has 0 aromatic rings. The van der Waals surface area contributed by atoms with E-state index in [-0.39, 0.29) is 24.3 Å². The van der Waals surface area contributed by atoms with Crippen LogP contribution in [0.2, 0.25) is 0 Å². The molecule has 0 spiro atoms. The molecule has 3 N–H and O–H groups in total. The minimum absolute atomic E-state index is 0.00222. The number of carbonyl (C=O) groups is 2. The highest BCUT2D eigenvalue weighted by molar-refractivity contribution is 5.80. The van der Waals surface area contributed by atoms with Gasteiger partial charge in [-0.3, -0.25) is 9.59 Å². The van der Waals surface area contributed by atoms with Crippen LogP contribution in [-0.4, -0.2) is 37.5 Å². The van der Waals surface area contributed by atoms with Crippen molar-refractivity contribution in [1.29, 1.82) is 5.26 Å². The molecule has 110 valence electrons. The van der Waals surface area contributed by atoms with Crippen LogP contribution < -0.4 is 16.0 Å². The number of hydrogen-bond donors (Lipinski definition) is 3. The molecule has 0 aromatic carbocycles. The molecule has 6 nitrogen and oxygen atoms in total. The Morgan fingerprint density at radius 3 is 2.90 bits per heavy atom. The van der Waals surface area contributed by atoms with Gasteiger partial charge in [-0.2, -0.15) is 5.26 Å². The number of nitriles is 1. The first-order valence-corrected chi connectivity index (χ1v) is 7.36. The Labute approximate surface area is 119 Å². The van der Waals surface area contributed by atoms with Crippen LogP contribution in [0.1, 0.15) is 32.1 Å². The van der Waals surface area contributed by atoms with Gasteiger partial charge in [0.25, 0.3) is 0 Å². The van der Waals surface area contributed by atoms with Crippen LogP contribution in [0.25, 0.3) is 0 Å². The van der Waals surface area contributed by atoms with Gasteiger partial charge in [0, 0.05) is 12.5 Å². The summed E-state index contributed by atoms with van der Waals surface area (Å²) in [4.78, 5) is 23.4. The molecule has 20 heavy (non-hydrogen) atoms. The largest absolute Gasteiger partial charge is 0.356 e. The fraction of sp³-hybridized carbons (Fsp3) is 0.786. The number of piperidine rings is 1. The second kappa shape index (κ2) is 7.25. The second-order valence-electron chi connectivity index (χ2n) is 5.69. The standard InChI is InChI=1S/C14H22N4O2/c15-7-12(6-11-2-1-5-17-14(11)20)18-13(19)9-16-8-10-3-4-10/h10-12,16H,1-6,8-9H2,(H,17,20)(H,18,19)/t11-,12?/m0/s1. The first-order valence-electron chi connectivity index (χ1n) is 7.36. The number of nitrogens with one attached hydrogen (secondary N) is 3. The lowest BCUT2D eigenvalue weighted by Gasteiger charge is -2.23. The van der Waals surface area contributed by atoms with E-state index < -0.39 is 6.04 Å². The fourth-order valence-corrected chi connectivity index (χ4v) is 2.45. The molecule has 1 unspecified atom stereocenters. The Bertz CT molecular complexity index is 400. The van der Waals surface area contributed by atoms with Gasteiger partial charge in [-0.1, -0.05) is 0 Å². The predicted octanol–water partition coefficient (Wildman–Crippen LogP) is -0.0893. The maximum absolute atomic E-state index is 11.7. The quantitative estimate of drug-likeness (QED) is 0.606. The monoisotopic (exact) mass is 278 g/mol. The molecule has 1 saturated carbocycles. The Morgan fingerprint density at radius 1 is 1.45 bits per heavy atom. The Kier molecular flexibility index (Phi) is 5.36. The highest BCUT2D eigenvalue weighted by atomic mass is 16.2. The first-order chi connectivity index (χ1) is 9.69. The van der Waals surface area contributed by atoms with Gasteiger partial charge in [0.15, 0.2) is 0 Å². The molecule has 0 radical (unpaired) electrons. The number of carbonyl (C=O) groups excluding carboxylic acids is 2. The van der Waals surface area contributed by atoms with Crippen molar-refractivity contribution < 1.29 is 9.59 Å². The molecular formula is C14H22N4O2. The summed E-state index contributed by atoms with van der Waals surface area (Å²) in [5.41, 5.74) is 0. The summed E-state index contributed by atoms with van der Waals surface area (Å²) in [7, 11) is 0. The van der Waals surface area contributed by atoms with Crippen molar-refractivity contribution in [3.63, 3.8) is 0 Å². The van der Waals surface area contributed by atoms with Crippen molar-refractivity contribution in [2.45, 2.75) is 38.1 Å². The first kappa shape index (κ1) is 14.8. The molecule has 2 atom stereocenters. The lowest BCUT2D eigenvalue weighted by molar-refractivity contribution is -0.127. The number of amides is 2. The summed E-state index contributed by atoms with van der Waals surface area (Å²) in [5, 5.41) is 17.7. The van der Waals surface area contributed by atoms with E-state index in [2.05, 4.69) is 22.0 Å². The Morgan fingerprint density at radius 2 is 2.25 bits per heavy atom. The van der Waals surface area contributed by atoms with Crippen molar-refractivity contribution in [2.75, 3.05) is 19.6 Å². The molecule has 2 aliphatic rings. The van der Waals surface area contributed by atoms with E-state index in [1.165, 1.54) is 12.8 Å². The molecule has 1 aliphatic heterocycles. The molecule has 2 amide bonds. The SMILES string of the molecule is N#CC(C[C@@H]1CCCNC1=O)NC(=O)CNCC1CC1. The zero-order valence-corrected chi connectivity index (χ0v) is 11.7. The van der Waals surface area contributed by atoms with Gasteiger partial charge in [-0.05, 0) is 44.6 Å². The summed E-state index contributed by atoms with van der Waals surface area (Å²) in [6.45, 7) is 1.82. The van der Waals surface area contributed by atoms with Crippen molar-refractivity contribution in [2.24, 2.45) is 11.8 Å². The molecule has 0 aromatic heterocycles. The predicted molar refractivity (Wildman–Crippen MR) is 73.5 cm³/mol. The number of hydrogen-bond acceptors (Lipinski definition) is 4. The van der Waals surface area contributed by atoms with Crippen LogP contribution >= 0.6 is 0 Å². The summed E-state index contributed by atoms with van der Waals surface area (Å²) < 4.78 is 0. The lowest BCUT2D eigenvalue weighted by atomic mass is 9.92. The van der Waals surface area contributed by atoms with E-state index in [1.807, 2.05) is 0 Å². The van der Waals surface area contributed by atoms with Crippen LogP contribution in [0.5, 0.6) is 0 Å². The van der Waals surface area contributed by atoms with Crippen molar-refractivity contribution in [3.05, 3.63) is 0 Å². The number of rotatable bonds is 7. The molecular weight excluding hydrogens is 256 g/mol. The molecule has 0 bridgehead atoms. The maximum Gasteiger partial charge on any atom is 0.234 e. The average molecular weight is 278 g/mol. The summed E-state index contributed by atoms with van der Waals surface area (Å²) in [6.07, 6.45) is 4.61. The molecule has 1 heterocycles. The van der Waals surface area contributed by atoms with E-state index >= 15 is 0 Å². The highest BCUT2D eigenvalue weighted by Crippen LogP contribution is 2.27. The summed E-state index contributed by atoms with van der Waals surface area (Å²) in [6, 6.07) is 1.49. The van der Waals surface area contributed by atoms with Crippen LogP contribution in [0.4, 0.5) is 0 Å². The van der Waals surface area contributed by atoms with Crippen LogP contribution in [0.3, 0.4) is 0 Å². The topological polar surface area (TPSA) is 94.0 Å². The van der Waals surface area contributed by atoms with Crippen LogP contribution in [0, 0.1) is 23.2 Å². The van der Waals surface area contributed by atoms with Gasteiger partial charge in [0.1, 0.15) is 6.04 Å². The van der Waals surface area contributed by atoms with Gasteiger partial charge >= 0.3 is 0 Å². The van der Waals surface area contributed by atoms with Gasteiger partial charge in [0.05, 0.1) is 12.6 Å². The molecule has 2 rings (SSSR count). The van der Waals surface area contributed by atoms with Gasteiger partial charge in [-0.15, -0.1) is 0 Å². The highest BCUT2D eigenvalue weighted by Gasteiger charge is 2.26. The van der Waals surface area contributed by atoms with Crippen molar-refractivity contribution >= 4 is 11.8 Å². The van der Waals surface area contributed by atoms with Gasteiger partial charge < -0.3 is 16.0 Å². The van der Waals surface area contributed by atoms with Gasteiger partial charge in [-0.25, -0.2) is 0 Å². The summed E-state index contributed by atoms with van der Waals surface area (Å²) >= 11 is 0. The molecule has 1 aliphatic carbocycles. The normalized spacial score (nSPS) is 23.6. The van der Waals surface area contributed by atoms with Gasteiger partial charge in [0.2, 0.25) is 11.8 Å². The van der Waals surface area contributed by atoms with E-state index in [9.17, 15) is 9.59 Å². The second-order valence-corrected chi connectivity index (χ2v) is 5.69. The minimum Gasteiger partial charge on any atom is -0.356 e. The lowest BCUT2D eigenvalue weighted by Crippen LogP contribution is -2.44. The zero-order chi connectivity index (χ0) is 14.4. The minimum atomic E-state index is -0.584. The average Bonchev–Trinajstić information content (AvgIpc) is 3.24. The smallest absolute Gasteiger partial charge is 0.234 e. The third-order valence-electron chi connectivity index (χ3n) is 3.83. The molecule has 2 fully saturated rings. The van der Waals surface area contributed by atoms with E-state index in [4.69, 9.17) is 5.26 Å². The Balaban J connectivity index is 1.68. The summed E-state index contributed by atoms with van der Waals surface area (Å²) in [5.74, 6) is 0.389. The van der Waals surface area contributed by atoms with Crippen molar-refractivity contribution in [1.82, 2.24) is 16.0 Å². The number of nitrogens with zero attached hydrogens (tertiary/aromatic N) is 1. The van der Waals surface area contributed by atoms with Crippen LogP contribution in [0.15, 0.2) is 0 Å². The van der Waals surface area contributed by atoms with Crippen molar-refractivity contribution in [3.8, 4) is 6.07 Å². The maximum atomic E-state index is 11.7. The van der Waals surface area contributed by atoms with E-state index in [1.54, 1.807) is 0 Å². The fourth-order valence-electron chi connectivity index (χ4n) is 2.45. The third kappa shape index (κ3) is 4.82. The van der Waals surface area contributed by atoms with E-state index in [0.29, 0.717) is 13.0 Å². The van der Waals surface area contributed by atoms with E-state index in [0.717, 1.165) is 25.3 Å². The molecule has 6 heteroatoms. The zero-order valence-electron chi connectivity index (χ0n) is 11.7. The third-order valence-corrected chi connectivity index (χ3v) is 3.83. The Hall–Kier alpha value is -1.61. The van der Waals surface area contributed by atoms with Crippen LogP contribution in [-0.2, 0) is 9.59 Å².